The summed E-state index contributed by atoms with van der Waals surface area (Å²) in [5.41, 5.74) is 2.04. The minimum absolute atomic E-state index is 0.0608. The summed E-state index contributed by atoms with van der Waals surface area (Å²) in [5, 5.41) is 8.96. The van der Waals surface area contributed by atoms with Crippen LogP contribution >= 0.6 is 0 Å². The van der Waals surface area contributed by atoms with E-state index in [1.54, 1.807) is 18.5 Å². The Morgan fingerprint density at radius 1 is 1.26 bits per heavy atom. The van der Waals surface area contributed by atoms with Gasteiger partial charge in [-0.05, 0) is 36.8 Å². The normalized spacial score (nSPS) is 10.2. The van der Waals surface area contributed by atoms with E-state index < -0.39 is 5.97 Å². The van der Waals surface area contributed by atoms with Crippen LogP contribution < -0.4 is 4.90 Å². The van der Waals surface area contributed by atoms with Crippen LogP contribution in [0, 0.1) is 0 Å². The van der Waals surface area contributed by atoms with Gasteiger partial charge >= 0.3 is 5.97 Å². The monoisotopic (exact) mass is 257 g/mol. The van der Waals surface area contributed by atoms with Crippen LogP contribution in [-0.2, 0) is 6.54 Å². The predicted molar refractivity (Wildman–Crippen MR) is 72.2 cm³/mol. The minimum Gasteiger partial charge on any atom is -0.477 e. The quantitative estimate of drug-likeness (QED) is 0.889. The number of aromatic nitrogens is 2. The fourth-order valence-corrected chi connectivity index (χ4v) is 1.83. The lowest BCUT2D eigenvalue weighted by Gasteiger charge is -2.23. The highest BCUT2D eigenvalue weighted by molar-refractivity contribution is 5.86. The number of nitrogens with zero attached hydrogens (tertiary/aromatic N) is 3. The molecule has 2 aromatic heterocycles. The van der Waals surface area contributed by atoms with Crippen molar-refractivity contribution in [2.75, 3.05) is 11.4 Å². The van der Waals surface area contributed by atoms with Crippen molar-refractivity contribution < 1.29 is 9.90 Å². The van der Waals surface area contributed by atoms with E-state index in [1.807, 2.05) is 25.1 Å². The second kappa shape index (κ2) is 5.95. The van der Waals surface area contributed by atoms with Gasteiger partial charge in [-0.1, -0.05) is 0 Å². The lowest BCUT2D eigenvalue weighted by Crippen LogP contribution is -2.22. The highest BCUT2D eigenvalue weighted by Gasteiger charge is 2.09. The Balaban J connectivity index is 2.22. The maximum Gasteiger partial charge on any atom is 0.354 e. The Morgan fingerprint density at radius 2 is 2.00 bits per heavy atom. The zero-order valence-corrected chi connectivity index (χ0v) is 10.7. The first-order valence-electron chi connectivity index (χ1n) is 6.04. The van der Waals surface area contributed by atoms with Crippen molar-refractivity contribution in [3.63, 3.8) is 0 Å². The van der Waals surface area contributed by atoms with Crippen molar-refractivity contribution in [1.29, 1.82) is 0 Å². The number of pyridine rings is 2. The Kier molecular flexibility index (Phi) is 4.07. The molecule has 1 N–H and O–H groups in total. The molecule has 0 aliphatic carbocycles. The van der Waals surface area contributed by atoms with Crippen molar-refractivity contribution in [2.45, 2.75) is 13.5 Å². The molecular weight excluding hydrogens is 242 g/mol. The molecule has 5 heteroatoms. The van der Waals surface area contributed by atoms with Crippen LogP contribution in [0.3, 0.4) is 0 Å². The zero-order chi connectivity index (χ0) is 13.7. The van der Waals surface area contributed by atoms with Crippen LogP contribution in [-0.4, -0.2) is 27.6 Å². The molecule has 0 aromatic carbocycles. The van der Waals surface area contributed by atoms with Crippen molar-refractivity contribution >= 4 is 11.7 Å². The summed E-state index contributed by atoms with van der Waals surface area (Å²) < 4.78 is 0. The van der Waals surface area contributed by atoms with E-state index >= 15 is 0 Å². The third-order valence-corrected chi connectivity index (χ3v) is 2.83. The maximum atomic E-state index is 10.9. The first-order valence-corrected chi connectivity index (χ1v) is 6.04. The summed E-state index contributed by atoms with van der Waals surface area (Å²) in [6.07, 6.45) is 5.02. The van der Waals surface area contributed by atoms with Gasteiger partial charge in [0.25, 0.3) is 0 Å². The average Bonchev–Trinajstić information content (AvgIpc) is 2.46. The number of rotatable bonds is 5. The van der Waals surface area contributed by atoms with E-state index in [0.29, 0.717) is 6.54 Å². The lowest BCUT2D eigenvalue weighted by molar-refractivity contribution is 0.0690. The van der Waals surface area contributed by atoms with E-state index in [1.165, 1.54) is 6.20 Å². The number of carboxylic acid groups (broad SMARTS) is 1. The van der Waals surface area contributed by atoms with Gasteiger partial charge in [0.1, 0.15) is 5.69 Å². The van der Waals surface area contributed by atoms with E-state index in [-0.39, 0.29) is 5.69 Å². The van der Waals surface area contributed by atoms with Crippen molar-refractivity contribution in [3.05, 3.63) is 54.1 Å². The predicted octanol–water partition coefficient (Wildman–Crippen LogP) is 2.20. The molecule has 0 amide bonds. The Morgan fingerprint density at radius 3 is 2.63 bits per heavy atom. The molecule has 0 unspecified atom stereocenters. The fraction of sp³-hybridized carbons (Fsp3) is 0.214. The summed E-state index contributed by atoms with van der Waals surface area (Å²) in [5.74, 6) is -1.01. The van der Waals surface area contributed by atoms with Gasteiger partial charge in [-0.15, -0.1) is 0 Å². The van der Waals surface area contributed by atoms with Gasteiger partial charge in [-0.3, -0.25) is 4.98 Å². The summed E-state index contributed by atoms with van der Waals surface area (Å²) in [6, 6.07) is 7.30. The van der Waals surface area contributed by atoms with Crippen LogP contribution in [0.1, 0.15) is 23.0 Å². The van der Waals surface area contributed by atoms with E-state index in [2.05, 4.69) is 14.9 Å². The molecule has 0 bridgehead atoms. The zero-order valence-electron chi connectivity index (χ0n) is 10.7. The van der Waals surface area contributed by atoms with Gasteiger partial charge in [-0.2, -0.15) is 0 Å². The second-order valence-corrected chi connectivity index (χ2v) is 4.07. The highest BCUT2D eigenvalue weighted by Crippen LogP contribution is 2.17. The third kappa shape index (κ3) is 3.28. The Bertz CT molecular complexity index is 558. The first kappa shape index (κ1) is 13.0. The number of aromatic carboxylic acids is 1. The fourth-order valence-electron chi connectivity index (χ4n) is 1.83. The standard InChI is InChI=1S/C14H15N3O2/c1-2-17(10-11-3-6-15-7-4-11)12-5-8-16-13(9-12)14(18)19/h3-9H,2,10H2,1H3,(H,18,19). The van der Waals surface area contributed by atoms with Crippen molar-refractivity contribution in [2.24, 2.45) is 0 Å². The van der Waals surface area contributed by atoms with Gasteiger partial charge in [0.15, 0.2) is 0 Å². The largest absolute Gasteiger partial charge is 0.477 e. The number of carbonyl (C=O) groups is 1. The number of carboxylic acids is 1. The van der Waals surface area contributed by atoms with E-state index in [9.17, 15) is 4.79 Å². The molecule has 0 atom stereocenters. The highest BCUT2D eigenvalue weighted by atomic mass is 16.4. The Labute approximate surface area is 111 Å². The third-order valence-electron chi connectivity index (χ3n) is 2.83. The topological polar surface area (TPSA) is 66.3 Å². The summed E-state index contributed by atoms with van der Waals surface area (Å²) in [4.78, 5) is 20.8. The molecule has 98 valence electrons. The number of anilines is 1. The molecule has 0 saturated heterocycles. The molecule has 19 heavy (non-hydrogen) atoms. The number of hydrogen-bond donors (Lipinski definition) is 1. The van der Waals surface area contributed by atoms with Crippen LogP contribution in [0.4, 0.5) is 5.69 Å². The van der Waals surface area contributed by atoms with Gasteiger partial charge in [-0.25, -0.2) is 9.78 Å². The Hall–Kier alpha value is -2.43. The van der Waals surface area contributed by atoms with Crippen LogP contribution in [0.5, 0.6) is 0 Å². The first-order chi connectivity index (χ1) is 9.20. The minimum atomic E-state index is -1.01. The summed E-state index contributed by atoms with van der Waals surface area (Å²) >= 11 is 0. The number of hydrogen-bond acceptors (Lipinski definition) is 4. The van der Waals surface area contributed by atoms with Crippen molar-refractivity contribution in [1.82, 2.24) is 9.97 Å². The van der Waals surface area contributed by atoms with Crippen molar-refractivity contribution in [3.8, 4) is 0 Å². The smallest absolute Gasteiger partial charge is 0.354 e. The summed E-state index contributed by atoms with van der Waals surface area (Å²) in [7, 11) is 0. The van der Waals surface area contributed by atoms with Gasteiger partial charge in [0.05, 0.1) is 0 Å². The van der Waals surface area contributed by atoms with E-state index in [4.69, 9.17) is 5.11 Å². The van der Waals surface area contributed by atoms with Crippen LogP contribution in [0.25, 0.3) is 0 Å². The molecule has 0 aliphatic rings. The van der Waals surface area contributed by atoms with Gasteiger partial charge in [0, 0.05) is 37.4 Å². The summed E-state index contributed by atoms with van der Waals surface area (Å²) in [6.45, 7) is 3.52. The molecule has 0 fully saturated rings. The molecule has 2 heterocycles. The molecule has 5 nitrogen and oxygen atoms in total. The van der Waals surface area contributed by atoms with Gasteiger partial charge < -0.3 is 10.0 Å². The SMILES string of the molecule is CCN(Cc1ccncc1)c1ccnc(C(=O)O)c1. The maximum absolute atomic E-state index is 10.9. The van der Waals surface area contributed by atoms with Crippen LogP contribution in [0.2, 0.25) is 0 Å². The second-order valence-electron chi connectivity index (χ2n) is 4.07. The molecule has 0 radical (unpaired) electrons. The molecule has 0 saturated carbocycles. The molecule has 2 aromatic rings. The lowest BCUT2D eigenvalue weighted by atomic mass is 10.2. The average molecular weight is 257 g/mol. The molecule has 2 rings (SSSR count). The molecular formula is C14H15N3O2. The molecule has 0 spiro atoms. The van der Waals surface area contributed by atoms with Crippen LogP contribution in [0.15, 0.2) is 42.9 Å². The van der Waals surface area contributed by atoms with Gasteiger partial charge in [0.2, 0.25) is 0 Å². The molecule has 0 aliphatic heterocycles. The van der Waals surface area contributed by atoms with E-state index in [0.717, 1.165) is 17.8 Å².